The number of nitrogens with one attached hydrogen (secondary N) is 2. The summed E-state index contributed by atoms with van der Waals surface area (Å²) in [6.45, 7) is 12.5. The second-order valence-electron chi connectivity index (χ2n) is 5.84. The van der Waals surface area contributed by atoms with E-state index in [0.717, 1.165) is 32.1 Å². The number of halogens is 1. The number of rotatable bonds is 9. The van der Waals surface area contributed by atoms with Gasteiger partial charge in [-0.2, -0.15) is 11.3 Å². The van der Waals surface area contributed by atoms with Gasteiger partial charge in [-0.05, 0) is 49.7 Å². The molecule has 0 radical (unpaired) electrons. The van der Waals surface area contributed by atoms with Crippen LogP contribution >= 0.6 is 35.3 Å². The van der Waals surface area contributed by atoms with Gasteiger partial charge in [0.05, 0.1) is 0 Å². The summed E-state index contributed by atoms with van der Waals surface area (Å²) in [5, 5.41) is 11.1. The number of aliphatic imine (C=N–C) groups is 1. The van der Waals surface area contributed by atoms with Gasteiger partial charge in [0.1, 0.15) is 0 Å². The molecular formula is C17H33IN4S. The van der Waals surface area contributed by atoms with Gasteiger partial charge in [0.15, 0.2) is 5.96 Å². The minimum absolute atomic E-state index is 0. The van der Waals surface area contributed by atoms with Crippen molar-refractivity contribution < 1.29 is 0 Å². The van der Waals surface area contributed by atoms with Crippen LogP contribution in [0.3, 0.4) is 0 Å². The van der Waals surface area contributed by atoms with Crippen molar-refractivity contribution in [3.8, 4) is 0 Å². The maximum absolute atomic E-state index is 4.71. The first-order valence-corrected chi connectivity index (χ1v) is 9.27. The predicted octanol–water partition coefficient (Wildman–Crippen LogP) is 3.76. The average Bonchev–Trinajstić information content (AvgIpc) is 3.05. The van der Waals surface area contributed by atoms with Gasteiger partial charge < -0.3 is 15.5 Å². The van der Waals surface area contributed by atoms with Crippen LogP contribution in [-0.2, 0) is 0 Å². The van der Waals surface area contributed by atoms with E-state index >= 15 is 0 Å². The molecule has 0 bridgehead atoms. The number of thiophene rings is 1. The smallest absolute Gasteiger partial charge is 0.191 e. The second-order valence-corrected chi connectivity index (χ2v) is 6.62. The Bertz CT molecular complexity index is 422. The van der Waals surface area contributed by atoms with Crippen molar-refractivity contribution in [2.75, 3.05) is 33.2 Å². The molecule has 0 spiro atoms. The fraction of sp³-hybridized carbons (Fsp3) is 0.706. The molecule has 2 unspecified atom stereocenters. The maximum Gasteiger partial charge on any atom is 0.191 e. The lowest BCUT2D eigenvalue weighted by Gasteiger charge is -2.24. The largest absolute Gasteiger partial charge is 0.357 e. The second kappa shape index (κ2) is 13.0. The summed E-state index contributed by atoms with van der Waals surface area (Å²) >= 11 is 1.75. The molecule has 0 aliphatic carbocycles. The van der Waals surface area contributed by atoms with E-state index in [0.29, 0.717) is 12.0 Å². The highest BCUT2D eigenvalue weighted by molar-refractivity contribution is 14.0. The zero-order valence-electron chi connectivity index (χ0n) is 15.1. The molecule has 0 fully saturated rings. The fourth-order valence-corrected chi connectivity index (χ4v) is 2.90. The maximum atomic E-state index is 4.71. The number of guanidine groups is 1. The lowest BCUT2D eigenvalue weighted by molar-refractivity contribution is 0.255. The molecular weight excluding hydrogens is 419 g/mol. The number of nitrogens with zero attached hydrogens (tertiary/aromatic N) is 2. The Morgan fingerprint density at radius 3 is 2.61 bits per heavy atom. The fourth-order valence-electron chi connectivity index (χ4n) is 2.11. The average molecular weight is 452 g/mol. The first kappa shape index (κ1) is 22.7. The van der Waals surface area contributed by atoms with E-state index in [2.05, 4.69) is 67.1 Å². The van der Waals surface area contributed by atoms with Gasteiger partial charge in [-0.25, -0.2) is 0 Å². The molecule has 2 N–H and O–H groups in total. The molecule has 0 amide bonds. The molecule has 0 aliphatic rings. The van der Waals surface area contributed by atoms with Crippen molar-refractivity contribution in [3.05, 3.63) is 22.4 Å². The molecule has 0 saturated heterocycles. The number of likely N-dealkylation sites (N-methyl/N-ethyl adjacent to an activating group) is 1. The third kappa shape index (κ3) is 8.91. The lowest BCUT2D eigenvalue weighted by atomic mass is 10.1. The Balaban J connectivity index is 0.00000484. The highest BCUT2D eigenvalue weighted by Gasteiger charge is 2.08. The first-order chi connectivity index (χ1) is 10.6. The van der Waals surface area contributed by atoms with Crippen LogP contribution in [0.5, 0.6) is 0 Å². The number of hydrogen-bond acceptors (Lipinski definition) is 3. The Morgan fingerprint density at radius 1 is 1.30 bits per heavy atom. The quantitative estimate of drug-likeness (QED) is 0.341. The summed E-state index contributed by atoms with van der Waals surface area (Å²) < 4.78 is 0. The standard InChI is InChI=1S/C17H32N4S.HI/c1-6-15(4)21(5)10-9-19-17(18-7-2)20-12-14(3)16-8-11-22-13-16;/h8,11,13-15H,6-7,9-10,12H2,1-5H3,(H2,18,19,20);1H. The molecule has 1 rings (SSSR count). The third-order valence-corrected chi connectivity index (χ3v) is 4.78. The highest BCUT2D eigenvalue weighted by atomic mass is 127. The number of hydrogen-bond donors (Lipinski definition) is 2. The van der Waals surface area contributed by atoms with Crippen molar-refractivity contribution in [3.63, 3.8) is 0 Å². The van der Waals surface area contributed by atoms with Gasteiger partial charge in [-0.1, -0.05) is 13.8 Å². The van der Waals surface area contributed by atoms with Gasteiger partial charge in [0, 0.05) is 38.1 Å². The molecule has 1 aromatic heterocycles. The van der Waals surface area contributed by atoms with Gasteiger partial charge in [-0.3, -0.25) is 4.99 Å². The Morgan fingerprint density at radius 2 is 2.04 bits per heavy atom. The Hall–Kier alpha value is -0.340. The van der Waals surface area contributed by atoms with Crippen molar-refractivity contribution in [2.24, 2.45) is 4.99 Å². The molecule has 1 heterocycles. The van der Waals surface area contributed by atoms with E-state index in [1.54, 1.807) is 11.3 Å². The Kier molecular flexibility index (Phi) is 12.8. The van der Waals surface area contributed by atoms with Crippen LogP contribution in [0.25, 0.3) is 0 Å². The van der Waals surface area contributed by atoms with Gasteiger partial charge in [0.25, 0.3) is 0 Å². The van der Waals surface area contributed by atoms with Crippen LogP contribution in [0.15, 0.2) is 21.8 Å². The van der Waals surface area contributed by atoms with Crippen LogP contribution in [0.1, 0.15) is 45.6 Å². The molecule has 23 heavy (non-hydrogen) atoms. The highest BCUT2D eigenvalue weighted by Crippen LogP contribution is 2.18. The monoisotopic (exact) mass is 452 g/mol. The third-order valence-electron chi connectivity index (χ3n) is 4.08. The van der Waals surface area contributed by atoms with Crippen LogP contribution in [0, 0.1) is 0 Å². The molecule has 0 saturated carbocycles. The summed E-state index contributed by atoms with van der Waals surface area (Å²) in [5.41, 5.74) is 1.38. The van der Waals surface area contributed by atoms with E-state index in [-0.39, 0.29) is 24.0 Å². The van der Waals surface area contributed by atoms with Crippen LogP contribution < -0.4 is 10.6 Å². The predicted molar refractivity (Wildman–Crippen MR) is 115 cm³/mol. The molecule has 6 heteroatoms. The Labute approximate surface area is 163 Å². The zero-order valence-corrected chi connectivity index (χ0v) is 18.3. The molecule has 4 nitrogen and oxygen atoms in total. The van der Waals surface area contributed by atoms with Gasteiger partial charge in [0.2, 0.25) is 0 Å². The van der Waals surface area contributed by atoms with Gasteiger partial charge >= 0.3 is 0 Å². The van der Waals surface area contributed by atoms with Crippen LogP contribution in [0.2, 0.25) is 0 Å². The molecule has 2 atom stereocenters. The summed E-state index contributed by atoms with van der Waals surface area (Å²) in [7, 11) is 2.18. The SMILES string of the molecule is CCNC(=NCC(C)c1ccsc1)NCCN(C)C(C)CC.I. The normalized spacial score (nSPS) is 14.3. The van der Waals surface area contributed by atoms with Crippen molar-refractivity contribution in [1.82, 2.24) is 15.5 Å². The summed E-state index contributed by atoms with van der Waals surface area (Å²) in [6, 6.07) is 2.81. The zero-order chi connectivity index (χ0) is 16.4. The minimum atomic E-state index is 0. The van der Waals surface area contributed by atoms with E-state index in [1.165, 1.54) is 12.0 Å². The van der Waals surface area contributed by atoms with E-state index < -0.39 is 0 Å². The van der Waals surface area contributed by atoms with E-state index in [1.807, 2.05) is 0 Å². The van der Waals surface area contributed by atoms with Gasteiger partial charge in [-0.15, -0.1) is 24.0 Å². The van der Waals surface area contributed by atoms with Crippen molar-refractivity contribution in [2.45, 2.75) is 46.1 Å². The molecule has 1 aromatic rings. The summed E-state index contributed by atoms with van der Waals surface area (Å²) in [4.78, 5) is 7.09. The molecule has 0 aliphatic heterocycles. The van der Waals surface area contributed by atoms with Crippen LogP contribution in [0.4, 0.5) is 0 Å². The summed E-state index contributed by atoms with van der Waals surface area (Å²) in [5.74, 6) is 1.38. The lowest BCUT2D eigenvalue weighted by Crippen LogP contribution is -2.42. The topological polar surface area (TPSA) is 39.7 Å². The first-order valence-electron chi connectivity index (χ1n) is 8.32. The minimum Gasteiger partial charge on any atom is -0.357 e. The van der Waals surface area contributed by atoms with Crippen LogP contribution in [-0.4, -0.2) is 50.1 Å². The van der Waals surface area contributed by atoms with E-state index in [4.69, 9.17) is 4.99 Å². The van der Waals surface area contributed by atoms with E-state index in [9.17, 15) is 0 Å². The van der Waals surface area contributed by atoms with Crippen molar-refractivity contribution in [1.29, 1.82) is 0 Å². The summed E-state index contributed by atoms with van der Waals surface area (Å²) in [6.07, 6.45) is 1.18. The van der Waals surface area contributed by atoms with Crippen molar-refractivity contribution >= 4 is 41.3 Å². The molecule has 0 aromatic carbocycles. The molecule has 134 valence electrons.